The van der Waals surface area contributed by atoms with E-state index in [1.54, 1.807) is 31.4 Å². The predicted octanol–water partition coefficient (Wildman–Crippen LogP) is 0.421. The number of carbonyl (C=O) groups is 2. The van der Waals surface area contributed by atoms with Gasteiger partial charge < -0.3 is 15.8 Å². The molecular formula is C13H17N3O3. The van der Waals surface area contributed by atoms with Crippen molar-refractivity contribution in [3.05, 3.63) is 29.8 Å². The highest BCUT2D eigenvalue weighted by atomic mass is 16.5. The van der Waals surface area contributed by atoms with Crippen LogP contribution in [0.1, 0.15) is 12.0 Å². The van der Waals surface area contributed by atoms with Crippen molar-refractivity contribution < 1.29 is 14.3 Å². The lowest BCUT2D eigenvalue weighted by Crippen LogP contribution is -2.45. The second-order valence-corrected chi connectivity index (χ2v) is 4.47. The summed E-state index contributed by atoms with van der Waals surface area (Å²) in [4.78, 5) is 25.1. The largest absolute Gasteiger partial charge is 0.497 e. The number of hydrogen-bond donors (Lipinski definition) is 2. The van der Waals surface area contributed by atoms with Crippen LogP contribution >= 0.6 is 0 Å². The molecule has 1 aromatic carbocycles. The Labute approximate surface area is 111 Å². The van der Waals surface area contributed by atoms with Gasteiger partial charge in [0.15, 0.2) is 0 Å². The second kappa shape index (κ2) is 4.89. The summed E-state index contributed by atoms with van der Waals surface area (Å²) >= 11 is 0. The number of nitrogens with two attached hydrogens (primary N) is 1. The van der Waals surface area contributed by atoms with Crippen molar-refractivity contribution in [3.8, 4) is 5.75 Å². The van der Waals surface area contributed by atoms with Gasteiger partial charge in [0.2, 0.25) is 0 Å². The van der Waals surface area contributed by atoms with Gasteiger partial charge in [-0.3, -0.25) is 9.69 Å². The minimum absolute atomic E-state index is 0.284. The summed E-state index contributed by atoms with van der Waals surface area (Å²) in [6.07, 6.45) is 0.355. The van der Waals surface area contributed by atoms with Gasteiger partial charge in [-0.1, -0.05) is 12.1 Å². The molecule has 6 heteroatoms. The van der Waals surface area contributed by atoms with Crippen molar-refractivity contribution in [1.29, 1.82) is 0 Å². The molecule has 1 aliphatic rings. The summed E-state index contributed by atoms with van der Waals surface area (Å²) in [6, 6.07) is 6.64. The van der Waals surface area contributed by atoms with Gasteiger partial charge in [0.1, 0.15) is 11.3 Å². The van der Waals surface area contributed by atoms with Crippen LogP contribution in [-0.4, -0.2) is 37.5 Å². The lowest BCUT2D eigenvalue weighted by Gasteiger charge is -2.26. The zero-order chi connectivity index (χ0) is 14.0. The quantitative estimate of drug-likeness (QED) is 0.771. The second-order valence-electron chi connectivity index (χ2n) is 4.47. The van der Waals surface area contributed by atoms with Gasteiger partial charge in [-0.2, -0.15) is 0 Å². The molecule has 0 aromatic heterocycles. The van der Waals surface area contributed by atoms with Crippen LogP contribution in [0.4, 0.5) is 4.79 Å². The highest BCUT2D eigenvalue weighted by molar-refractivity contribution is 6.07. The van der Waals surface area contributed by atoms with Crippen LogP contribution < -0.4 is 15.8 Å². The Bertz CT molecular complexity index is 500. The fourth-order valence-electron chi connectivity index (χ4n) is 2.30. The summed E-state index contributed by atoms with van der Waals surface area (Å²) in [6.45, 7) is 0.298. The molecule has 3 N–H and O–H groups in total. The standard InChI is InChI=1S/C13H17N3O3/c1-16-11(17)13(7-8-14,15-12(16)18)9-3-5-10(19-2)6-4-9/h3-6H,7-8,14H2,1-2H3,(H,15,18). The van der Waals surface area contributed by atoms with Gasteiger partial charge >= 0.3 is 6.03 Å². The van der Waals surface area contributed by atoms with Crippen LogP contribution in [0.3, 0.4) is 0 Å². The molecule has 0 saturated carbocycles. The van der Waals surface area contributed by atoms with Crippen molar-refractivity contribution >= 4 is 11.9 Å². The lowest BCUT2D eigenvalue weighted by molar-refractivity contribution is -0.130. The lowest BCUT2D eigenvalue weighted by atomic mass is 9.86. The summed E-state index contributed by atoms with van der Waals surface area (Å²) in [5, 5.41) is 2.74. The monoisotopic (exact) mass is 263 g/mol. The first kappa shape index (κ1) is 13.4. The summed E-state index contributed by atoms with van der Waals surface area (Å²) < 4.78 is 5.09. The number of rotatable bonds is 4. The minimum Gasteiger partial charge on any atom is -0.497 e. The van der Waals surface area contributed by atoms with Gasteiger partial charge in [-0.15, -0.1) is 0 Å². The summed E-state index contributed by atoms with van der Waals surface area (Å²) in [7, 11) is 3.03. The van der Waals surface area contributed by atoms with Crippen molar-refractivity contribution in [1.82, 2.24) is 10.2 Å². The number of amides is 3. The number of carbonyl (C=O) groups excluding carboxylic acids is 2. The molecule has 19 heavy (non-hydrogen) atoms. The topological polar surface area (TPSA) is 84.7 Å². The van der Waals surface area contributed by atoms with E-state index in [2.05, 4.69) is 5.32 Å². The number of ether oxygens (including phenoxy) is 1. The average molecular weight is 263 g/mol. The van der Waals surface area contributed by atoms with Crippen LogP contribution in [-0.2, 0) is 10.3 Å². The molecule has 102 valence electrons. The molecule has 2 rings (SSSR count). The third kappa shape index (κ3) is 2.04. The van der Waals surface area contributed by atoms with E-state index in [0.29, 0.717) is 24.3 Å². The van der Waals surface area contributed by atoms with Gasteiger partial charge in [0.05, 0.1) is 7.11 Å². The van der Waals surface area contributed by atoms with Crippen LogP contribution in [0.5, 0.6) is 5.75 Å². The molecule has 3 amide bonds. The molecule has 0 spiro atoms. The van der Waals surface area contributed by atoms with Crippen molar-refractivity contribution in [3.63, 3.8) is 0 Å². The zero-order valence-corrected chi connectivity index (χ0v) is 11.0. The number of nitrogens with zero attached hydrogens (tertiary/aromatic N) is 1. The van der Waals surface area contributed by atoms with E-state index in [1.807, 2.05) is 0 Å². The van der Waals surface area contributed by atoms with E-state index in [9.17, 15) is 9.59 Å². The fraction of sp³-hybridized carbons (Fsp3) is 0.385. The number of nitrogens with one attached hydrogen (secondary N) is 1. The van der Waals surface area contributed by atoms with Gasteiger partial charge in [0, 0.05) is 7.05 Å². The molecule has 1 unspecified atom stereocenters. The van der Waals surface area contributed by atoms with E-state index >= 15 is 0 Å². The molecule has 0 aliphatic carbocycles. The first-order valence-electron chi connectivity index (χ1n) is 6.00. The number of likely N-dealkylation sites (N-methyl/N-ethyl adjacent to an activating group) is 1. The Kier molecular flexibility index (Phi) is 3.44. The molecule has 1 aromatic rings. The first-order chi connectivity index (χ1) is 9.05. The SMILES string of the molecule is COc1ccc(C2(CCN)NC(=O)N(C)C2=O)cc1. The van der Waals surface area contributed by atoms with Crippen molar-refractivity contribution in [2.45, 2.75) is 12.0 Å². The van der Waals surface area contributed by atoms with Crippen LogP contribution in [0.25, 0.3) is 0 Å². The van der Waals surface area contributed by atoms with Gasteiger partial charge in [-0.05, 0) is 30.7 Å². The Morgan fingerprint density at radius 2 is 1.95 bits per heavy atom. The Balaban J connectivity index is 2.44. The van der Waals surface area contributed by atoms with Gasteiger partial charge in [0.25, 0.3) is 5.91 Å². The third-order valence-corrected chi connectivity index (χ3v) is 3.40. The molecule has 0 bridgehead atoms. The highest BCUT2D eigenvalue weighted by Crippen LogP contribution is 2.32. The number of hydrogen-bond acceptors (Lipinski definition) is 4. The Hall–Kier alpha value is -2.08. The smallest absolute Gasteiger partial charge is 0.325 e. The Morgan fingerprint density at radius 1 is 1.32 bits per heavy atom. The average Bonchev–Trinajstić information content (AvgIpc) is 2.65. The maximum absolute atomic E-state index is 12.3. The summed E-state index contributed by atoms with van der Waals surface area (Å²) in [5.74, 6) is 0.407. The van der Waals surface area contributed by atoms with Gasteiger partial charge in [-0.25, -0.2) is 4.79 Å². The van der Waals surface area contributed by atoms with E-state index in [0.717, 1.165) is 4.90 Å². The molecule has 1 atom stereocenters. The number of urea groups is 1. The van der Waals surface area contributed by atoms with E-state index in [1.165, 1.54) is 7.05 Å². The third-order valence-electron chi connectivity index (χ3n) is 3.40. The van der Waals surface area contributed by atoms with E-state index in [4.69, 9.17) is 10.5 Å². The van der Waals surface area contributed by atoms with Crippen molar-refractivity contribution in [2.75, 3.05) is 20.7 Å². The minimum atomic E-state index is -1.06. The van der Waals surface area contributed by atoms with E-state index in [-0.39, 0.29) is 5.91 Å². The molecule has 1 heterocycles. The fourth-order valence-corrected chi connectivity index (χ4v) is 2.30. The Morgan fingerprint density at radius 3 is 2.37 bits per heavy atom. The molecule has 1 fully saturated rings. The first-order valence-corrected chi connectivity index (χ1v) is 6.00. The normalized spacial score (nSPS) is 22.6. The molecular weight excluding hydrogens is 246 g/mol. The van der Waals surface area contributed by atoms with Crippen LogP contribution in [0.2, 0.25) is 0 Å². The highest BCUT2D eigenvalue weighted by Gasteiger charge is 2.50. The maximum atomic E-state index is 12.3. The number of imide groups is 1. The van der Waals surface area contributed by atoms with Crippen LogP contribution in [0, 0.1) is 0 Å². The maximum Gasteiger partial charge on any atom is 0.325 e. The molecule has 1 saturated heterocycles. The van der Waals surface area contributed by atoms with Crippen LogP contribution in [0.15, 0.2) is 24.3 Å². The molecule has 6 nitrogen and oxygen atoms in total. The number of benzene rings is 1. The van der Waals surface area contributed by atoms with E-state index < -0.39 is 11.6 Å². The number of methoxy groups -OCH3 is 1. The predicted molar refractivity (Wildman–Crippen MR) is 69.6 cm³/mol. The molecule has 1 aliphatic heterocycles. The molecule has 0 radical (unpaired) electrons. The van der Waals surface area contributed by atoms with Crippen molar-refractivity contribution in [2.24, 2.45) is 5.73 Å². The summed E-state index contributed by atoms with van der Waals surface area (Å²) in [5.41, 5.74) is 5.24. The zero-order valence-electron chi connectivity index (χ0n) is 11.0.